The van der Waals surface area contributed by atoms with Crippen molar-refractivity contribution < 1.29 is 75.8 Å². The maximum absolute atomic E-state index is 12.9. The first-order valence-corrected chi connectivity index (χ1v) is 36.5. The fourth-order valence-corrected chi connectivity index (χ4v) is 9.90. The summed E-state index contributed by atoms with van der Waals surface area (Å²) in [6.07, 6.45) is 73.8. The number of rotatable bonds is 62. The number of unbranched alkanes of at least 4 members (excludes halogenated alkanes) is 17. The summed E-state index contributed by atoms with van der Waals surface area (Å²) in [4.78, 5) is 58.2. The number of phosphoric acid groups is 2. The molecule has 0 heterocycles. The summed E-state index contributed by atoms with van der Waals surface area (Å²) in [6.45, 7) is 2.32. The molecule has 0 bridgehead atoms. The van der Waals surface area contributed by atoms with Gasteiger partial charge in [-0.3, -0.25) is 32.5 Å². The lowest BCUT2D eigenvalue weighted by Gasteiger charge is -2.21. The molecular formula is C71H118O16P2. The first-order chi connectivity index (χ1) is 43.2. The largest absolute Gasteiger partial charge is 0.472 e. The zero-order valence-electron chi connectivity index (χ0n) is 54.8. The van der Waals surface area contributed by atoms with Crippen molar-refractivity contribution in [2.24, 2.45) is 0 Å². The fourth-order valence-electron chi connectivity index (χ4n) is 8.31. The van der Waals surface area contributed by atoms with Gasteiger partial charge in [0.05, 0.1) is 26.4 Å². The molecule has 0 aliphatic rings. The quantitative estimate of drug-likeness (QED) is 0.0146. The van der Waals surface area contributed by atoms with E-state index in [-0.39, 0.29) is 19.3 Å². The molecule has 0 aromatic carbocycles. The fraction of sp³-hybridized carbons (Fsp3) is 0.648. The summed E-state index contributed by atoms with van der Waals surface area (Å²) >= 11 is 0. The average molecular weight is 1290 g/mol. The van der Waals surface area contributed by atoms with Crippen molar-refractivity contribution in [3.05, 3.63) is 134 Å². The lowest BCUT2D eigenvalue weighted by Crippen LogP contribution is -2.30. The highest BCUT2D eigenvalue weighted by Gasteiger charge is 2.29. The van der Waals surface area contributed by atoms with Gasteiger partial charge in [0, 0.05) is 19.3 Å². The van der Waals surface area contributed by atoms with Gasteiger partial charge in [-0.1, -0.05) is 244 Å². The van der Waals surface area contributed by atoms with Crippen LogP contribution in [0.2, 0.25) is 0 Å². The normalized spacial score (nSPS) is 15.1. The standard InChI is InChI=1S/C71H118O16P2/c1-4-7-10-13-16-19-22-24-26-28-29-30-31-32-33-34-35-37-39-40-43-45-48-51-54-57-69(74)81-60-66(72)61-83-88(77,78)84-62-67(73)63-85-89(79,80)86-65-68(87-71(76)59-56-53-50-47-42-21-18-15-12-9-6-3)64-82-70(75)58-55-52-49-46-44-41-38-36-27-25-23-20-17-14-11-8-5-2/h7-8,10-11,16-17,19-20,24-27,29-30,32-33,35,37-38,41,46,49,66-68,72-73H,4-6,9,12-15,18,21-23,28,31,34,36,39-40,42-45,47-48,50-65H2,1-3H3,(H,77,78)(H,79,80)/b10-7-,11-8-,19-16-,20-17-,26-24-,27-25-,30-29-,33-32-,37-35-,41-38-,49-46-. The number of hydrogen-bond donors (Lipinski definition) is 4. The Morgan fingerprint density at radius 1 is 0.326 bits per heavy atom. The molecule has 4 N–H and O–H groups in total. The molecule has 0 fully saturated rings. The van der Waals surface area contributed by atoms with Crippen LogP contribution in [-0.4, -0.2) is 95.9 Å². The van der Waals surface area contributed by atoms with Crippen molar-refractivity contribution in [1.82, 2.24) is 0 Å². The summed E-state index contributed by atoms with van der Waals surface area (Å²) in [7, 11) is -9.79. The predicted molar refractivity (Wildman–Crippen MR) is 362 cm³/mol. The zero-order chi connectivity index (χ0) is 65.3. The van der Waals surface area contributed by atoms with E-state index in [1.165, 1.54) is 38.5 Å². The number of hydrogen-bond acceptors (Lipinski definition) is 14. The Morgan fingerprint density at radius 2 is 0.607 bits per heavy atom. The number of esters is 3. The van der Waals surface area contributed by atoms with E-state index < -0.39 is 91.5 Å². The molecule has 89 heavy (non-hydrogen) atoms. The highest BCUT2D eigenvalue weighted by Crippen LogP contribution is 2.45. The number of aliphatic hydroxyl groups excluding tert-OH is 2. The number of aliphatic hydroxyl groups is 2. The second kappa shape index (κ2) is 63.8. The second-order valence-corrected chi connectivity index (χ2v) is 24.8. The first kappa shape index (κ1) is 84.7. The minimum Gasteiger partial charge on any atom is -0.463 e. The van der Waals surface area contributed by atoms with Crippen molar-refractivity contribution in [2.75, 3.05) is 39.6 Å². The van der Waals surface area contributed by atoms with Crippen LogP contribution in [0.25, 0.3) is 0 Å². The second-order valence-electron chi connectivity index (χ2n) is 21.9. The topological polar surface area (TPSA) is 231 Å². The van der Waals surface area contributed by atoms with Crippen LogP contribution in [0.3, 0.4) is 0 Å². The molecule has 0 saturated heterocycles. The summed E-state index contributed by atoms with van der Waals surface area (Å²) in [6, 6.07) is 0. The van der Waals surface area contributed by atoms with E-state index in [9.17, 15) is 43.5 Å². The molecule has 508 valence electrons. The van der Waals surface area contributed by atoms with Crippen LogP contribution in [0.1, 0.15) is 239 Å². The van der Waals surface area contributed by atoms with Gasteiger partial charge in [-0.05, 0) is 109 Å². The number of carbonyl (C=O) groups is 3. The van der Waals surface area contributed by atoms with Crippen LogP contribution in [0.4, 0.5) is 0 Å². The third-order valence-corrected chi connectivity index (χ3v) is 15.3. The molecule has 0 aromatic rings. The molecule has 0 rings (SSSR count). The van der Waals surface area contributed by atoms with Crippen molar-refractivity contribution in [3.8, 4) is 0 Å². The van der Waals surface area contributed by atoms with Crippen LogP contribution in [0, 0.1) is 0 Å². The van der Waals surface area contributed by atoms with E-state index in [2.05, 4.69) is 142 Å². The number of carbonyl (C=O) groups excluding carboxylic acids is 3. The number of phosphoric ester groups is 2. The van der Waals surface area contributed by atoms with Gasteiger partial charge in [0.25, 0.3) is 0 Å². The van der Waals surface area contributed by atoms with Crippen molar-refractivity contribution in [2.45, 2.75) is 257 Å². The molecule has 0 aliphatic carbocycles. The van der Waals surface area contributed by atoms with Gasteiger partial charge in [0.2, 0.25) is 0 Å². The van der Waals surface area contributed by atoms with E-state index in [4.69, 9.17) is 32.3 Å². The Balaban J connectivity index is 4.59. The number of ether oxygens (including phenoxy) is 3. The van der Waals surface area contributed by atoms with Gasteiger partial charge in [0.15, 0.2) is 6.10 Å². The zero-order valence-corrected chi connectivity index (χ0v) is 56.6. The lowest BCUT2D eigenvalue weighted by atomic mass is 10.1. The predicted octanol–water partition coefficient (Wildman–Crippen LogP) is 18.4. The molecule has 16 nitrogen and oxygen atoms in total. The van der Waals surface area contributed by atoms with E-state index >= 15 is 0 Å². The molecular weight excluding hydrogens is 1170 g/mol. The van der Waals surface area contributed by atoms with Crippen molar-refractivity contribution in [3.63, 3.8) is 0 Å². The van der Waals surface area contributed by atoms with Gasteiger partial charge in [-0.2, -0.15) is 0 Å². The molecule has 0 saturated carbocycles. The number of allylic oxidation sites excluding steroid dienone is 22. The van der Waals surface area contributed by atoms with Crippen LogP contribution in [0.5, 0.6) is 0 Å². The Hall–Kier alpha value is -4.31. The SMILES string of the molecule is CC/C=C\C/C=C\C/C=C\C/C=C\C/C=C\C/C=C\CCCCCCCCC(=O)OCC(O)COP(=O)(O)OCC(O)COP(=O)(O)OCC(COC(=O)CCC/C=C\C/C=C\C/C=C\C/C=C\C/C=C\CC)OC(=O)CCCCCCCCCCCCC. The molecule has 0 aromatic heterocycles. The smallest absolute Gasteiger partial charge is 0.463 e. The molecule has 0 radical (unpaired) electrons. The van der Waals surface area contributed by atoms with Gasteiger partial charge < -0.3 is 34.2 Å². The van der Waals surface area contributed by atoms with Gasteiger partial charge in [-0.15, -0.1) is 0 Å². The molecule has 18 heteroatoms. The van der Waals surface area contributed by atoms with E-state index in [1.54, 1.807) is 0 Å². The minimum atomic E-state index is -4.93. The maximum atomic E-state index is 12.9. The van der Waals surface area contributed by atoms with Crippen molar-refractivity contribution >= 4 is 33.6 Å². The van der Waals surface area contributed by atoms with E-state index in [0.717, 1.165) is 135 Å². The Labute approximate surface area is 537 Å². The highest BCUT2D eigenvalue weighted by molar-refractivity contribution is 7.47. The minimum absolute atomic E-state index is 0.0903. The Kier molecular flexibility index (Phi) is 60.7. The van der Waals surface area contributed by atoms with Crippen LogP contribution in [0.15, 0.2) is 134 Å². The van der Waals surface area contributed by atoms with Gasteiger partial charge >= 0.3 is 33.6 Å². The lowest BCUT2D eigenvalue weighted by molar-refractivity contribution is -0.161. The molecule has 5 unspecified atom stereocenters. The molecule has 0 spiro atoms. The average Bonchev–Trinajstić information content (AvgIpc) is 3.52. The monoisotopic (exact) mass is 1290 g/mol. The third kappa shape index (κ3) is 65.0. The molecule has 0 aliphatic heterocycles. The Morgan fingerprint density at radius 3 is 0.989 bits per heavy atom. The van der Waals surface area contributed by atoms with E-state index in [0.29, 0.717) is 25.7 Å². The van der Waals surface area contributed by atoms with Crippen molar-refractivity contribution in [1.29, 1.82) is 0 Å². The summed E-state index contributed by atoms with van der Waals surface area (Å²) in [5.41, 5.74) is 0. The summed E-state index contributed by atoms with van der Waals surface area (Å²) in [5.74, 6) is -1.66. The van der Waals surface area contributed by atoms with E-state index in [1.807, 2.05) is 12.2 Å². The maximum Gasteiger partial charge on any atom is 0.472 e. The van der Waals surface area contributed by atoms with Gasteiger partial charge in [-0.25, -0.2) is 9.13 Å². The highest BCUT2D eigenvalue weighted by atomic mass is 31.2. The van der Waals surface area contributed by atoms with Crippen LogP contribution < -0.4 is 0 Å². The summed E-state index contributed by atoms with van der Waals surface area (Å²) < 4.78 is 60.7. The van der Waals surface area contributed by atoms with Crippen LogP contribution >= 0.6 is 15.6 Å². The van der Waals surface area contributed by atoms with Gasteiger partial charge in [0.1, 0.15) is 25.4 Å². The molecule has 0 amide bonds. The molecule has 5 atom stereocenters. The Bertz CT molecular complexity index is 2160. The first-order valence-electron chi connectivity index (χ1n) is 33.5. The summed E-state index contributed by atoms with van der Waals surface area (Å²) in [5, 5.41) is 20.5. The van der Waals surface area contributed by atoms with Crippen LogP contribution in [-0.2, 0) is 55.8 Å². The third-order valence-electron chi connectivity index (χ3n) is 13.4.